The highest BCUT2D eigenvalue weighted by Gasteiger charge is 2.80. The number of carbonyl (C=O) groups is 4. The molecule has 2 amide bonds. The molecule has 0 aliphatic heterocycles. The van der Waals surface area contributed by atoms with Gasteiger partial charge in [-0.2, -0.15) is 4.90 Å². The number of aliphatic carboxylic acids is 2. The van der Waals surface area contributed by atoms with Crippen LogP contribution >= 0.6 is 0 Å². The van der Waals surface area contributed by atoms with Crippen molar-refractivity contribution in [3.05, 3.63) is 0 Å². The van der Waals surface area contributed by atoms with Gasteiger partial charge in [-0.3, -0.25) is 4.79 Å². The summed E-state index contributed by atoms with van der Waals surface area (Å²) < 4.78 is 25.3. The van der Waals surface area contributed by atoms with E-state index in [1.165, 1.54) is 41.5 Å². The second-order valence-electron chi connectivity index (χ2n) is 8.50. The molecule has 0 unspecified atom stereocenters. The molecule has 0 heterocycles. The SMILES string of the molecule is CC(C)(C)OC(=O)N(C(=O)OC(C)(C)C)[C@]1(C(=O)O)C[C@@]1(F)CCC(=O)O. The molecule has 0 aromatic carbocycles. The third-order valence-corrected chi connectivity index (χ3v) is 3.78. The van der Waals surface area contributed by atoms with Gasteiger partial charge in [0.1, 0.15) is 16.9 Å². The van der Waals surface area contributed by atoms with Gasteiger partial charge in [-0.05, 0) is 48.0 Å². The highest BCUT2D eigenvalue weighted by Crippen LogP contribution is 2.59. The van der Waals surface area contributed by atoms with Crippen LogP contribution in [0.25, 0.3) is 0 Å². The first-order chi connectivity index (χ1) is 12.0. The van der Waals surface area contributed by atoms with Crippen LogP contribution in [0, 0.1) is 0 Å². The smallest absolute Gasteiger partial charge is 0.420 e. The van der Waals surface area contributed by atoms with Gasteiger partial charge < -0.3 is 19.7 Å². The summed E-state index contributed by atoms with van der Waals surface area (Å²) in [5.41, 5.74) is -7.38. The predicted molar refractivity (Wildman–Crippen MR) is 90.0 cm³/mol. The Bertz CT molecular complexity index is 622. The summed E-state index contributed by atoms with van der Waals surface area (Å²) in [6.07, 6.45) is -4.86. The number of rotatable bonds is 5. The van der Waals surface area contributed by atoms with E-state index < -0.39 is 65.8 Å². The van der Waals surface area contributed by atoms with Gasteiger partial charge in [0, 0.05) is 12.8 Å². The van der Waals surface area contributed by atoms with Gasteiger partial charge in [-0.15, -0.1) is 0 Å². The highest BCUT2D eigenvalue weighted by atomic mass is 19.1. The summed E-state index contributed by atoms with van der Waals surface area (Å²) >= 11 is 0. The minimum absolute atomic E-state index is 0.119. The lowest BCUT2D eigenvalue weighted by Gasteiger charge is -2.33. The average Bonchev–Trinajstić information content (AvgIpc) is 3.00. The van der Waals surface area contributed by atoms with E-state index in [9.17, 15) is 24.3 Å². The number of nitrogens with zero attached hydrogens (tertiary/aromatic N) is 1. The van der Waals surface area contributed by atoms with Gasteiger partial charge in [-0.1, -0.05) is 0 Å². The standard InChI is InChI=1S/C17H26FNO8/c1-14(2,3)26-12(24)19(13(25)27-15(4,5)6)17(11(22)23)9-16(17,18)8-7-10(20)21/h7-9H2,1-6H3,(H,20,21)(H,22,23)/t16-,17-/m0/s1. The topological polar surface area (TPSA) is 130 Å². The molecule has 2 atom stereocenters. The highest BCUT2D eigenvalue weighted by molar-refractivity contribution is 6.00. The van der Waals surface area contributed by atoms with Crippen LogP contribution < -0.4 is 0 Å². The van der Waals surface area contributed by atoms with Crippen molar-refractivity contribution in [3.8, 4) is 0 Å². The Labute approximate surface area is 156 Å². The number of carbonyl (C=O) groups excluding carboxylic acids is 2. The zero-order chi connectivity index (χ0) is 21.4. The van der Waals surface area contributed by atoms with Gasteiger partial charge in [0.25, 0.3) is 0 Å². The predicted octanol–water partition coefficient (Wildman–Crippen LogP) is 2.96. The van der Waals surface area contributed by atoms with Gasteiger partial charge in [0.05, 0.1) is 0 Å². The number of alkyl halides is 1. The lowest BCUT2D eigenvalue weighted by Crippen LogP contribution is -2.57. The third-order valence-electron chi connectivity index (χ3n) is 3.78. The van der Waals surface area contributed by atoms with Gasteiger partial charge in [0.2, 0.25) is 0 Å². The maximum Gasteiger partial charge on any atom is 0.420 e. The van der Waals surface area contributed by atoms with Crippen LogP contribution in [-0.2, 0) is 19.1 Å². The molecule has 9 nitrogen and oxygen atoms in total. The van der Waals surface area contributed by atoms with Gasteiger partial charge in [0.15, 0.2) is 5.54 Å². The van der Waals surface area contributed by atoms with E-state index in [0.717, 1.165) is 0 Å². The molecule has 0 saturated heterocycles. The maximum absolute atomic E-state index is 15.2. The van der Waals surface area contributed by atoms with Crippen LogP contribution in [0.3, 0.4) is 0 Å². The first-order valence-electron chi connectivity index (χ1n) is 8.35. The number of amides is 2. The Hall–Kier alpha value is -2.39. The van der Waals surface area contributed by atoms with Crippen molar-refractivity contribution in [2.75, 3.05) is 0 Å². The number of imide groups is 1. The van der Waals surface area contributed by atoms with E-state index in [1.54, 1.807) is 0 Å². The minimum Gasteiger partial charge on any atom is -0.481 e. The second-order valence-corrected chi connectivity index (χ2v) is 8.50. The van der Waals surface area contributed by atoms with Crippen LogP contribution in [0.2, 0.25) is 0 Å². The van der Waals surface area contributed by atoms with Crippen molar-refractivity contribution in [2.45, 2.75) is 83.2 Å². The first-order valence-corrected chi connectivity index (χ1v) is 8.35. The van der Waals surface area contributed by atoms with Crippen LogP contribution in [0.15, 0.2) is 0 Å². The first kappa shape index (κ1) is 22.7. The van der Waals surface area contributed by atoms with Crippen LogP contribution in [0.5, 0.6) is 0 Å². The monoisotopic (exact) mass is 391 g/mol. The molecule has 1 fully saturated rings. The quantitative estimate of drug-likeness (QED) is 0.731. The lowest BCUT2D eigenvalue weighted by molar-refractivity contribution is -0.147. The largest absolute Gasteiger partial charge is 0.481 e. The summed E-state index contributed by atoms with van der Waals surface area (Å²) in [7, 11) is 0. The Kier molecular flexibility index (Phi) is 5.85. The Morgan fingerprint density at radius 1 is 0.963 bits per heavy atom. The zero-order valence-electron chi connectivity index (χ0n) is 16.3. The molecular formula is C17H26FNO8. The third kappa shape index (κ3) is 5.08. The fourth-order valence-corrected chi connectivity index (χ4v) is 2.61. The fraction of sp³-hybridized carbons (Fsp3) is 0.765. The van der Waals surface area contributed by atoms with E-state index in [4.69, 9.17) is 14.6 Å². The number of hydrogen-bond donors (Lipinski definition) is 2. The molecule has 1 aliphatic carbocycles. The van der Waals surface area contributed by atoms with Crippen LogP contribution in [0.4, 0.5) is 14.0 Å². The summed E-state index contributed by atoms with van der Waals surface area (Å²) in [5.74, 6) is -3.12. The van der Waals surface area contributed by atoms with E-state index in [2.05, 4.69) is 0 Å². The number of carboxylic acids is 2. The van der Waals surface area contributed by atoms with Gasteiger partial charge in [-0.25, -0.2) is 18.8 Å². The van der Waals surface area contributed by atoms with Crippen LogP contribution in [-0.4, -0.2) is 61.6 Å². The van der Waals surface area contributed by atoms with E-state index in [-0.39, 0.29) is 4.90 Å². The number of halogens is 1. The van der Waals surface area contributed by atoms with E-state index >= 15 is 4.39 Å². The minimum atomic E-state index is -2.61. The molecular weight excluding hydrogens is 365 g/mol. The average molecular weight is 391 g/mol. The Morgan fingerprint density at radius 3 is 1.67 bits per heavy atom. The van der Waals surface area contributed by atoms with E-state index in [0.29, 0.717) is 0 Å². The van der Waals surface area contributed by atoms with Crippen molar-refractivity contribution in [1.29, 1.82) is 0 Å². The Morgan fingerprint density at radius 2 is 1.37 bits per heavy atom. The zero-order valence-corrected chi connectivity index (χ0v) is 16.3. The molecule has 154 valence electrons. The van der Waals surface area contributed by atoms with E-state index in [1.807, 2.05) is 0 Å². The Balaban J connectivity index is 3.34. The molecule has 1 aliphatic rings. The molecule has 0 radical (unpaired) electrons. The molecule has 0 spiro atoms. The fourth-order valence-electron chi connectivity index (χ4n) is 2.61. The lowest BCUT2D eigenvalue weighted by atomic mass is 10.1. The summed E-state index contributed by atoms with van der Waals surface area (Å²) in [4.78, 5) is 47.9. The second kappa shape index (κ2) is 6.97. The normalized spacial score (nSPS) is 24.7. The summed E-state index contributed by atoms with van der Waals surface area (Å²) in [5, 5.41) is 18.4. The van der Waals surface area contributed by atoms with Crippen molar-refractivity contribution >= 4 is 24.1 Å². The number of hydrogen-bond acceptors (Lipinski definition) is 6. The molecule has 0 bridgehead atoms. The van der Waals surface area contributed by atoms with Crippen LogP contribution in [0.1, 0.15) is 60.8 Å². The molecule has 1 saturated carbocycles. The van der Waals surface area contributed by atoms with Gasteiger partial charge >= 0.3 is 24.1 Å². The molecule has 2 N–H and O–H groups in total. The summed E-state index contributed by atoms with van der Waals surface area (Å²) in [6, 6.07) is 0. The molecule has 10 heteroatoms. The molecule has 27 heavy (non-hydrogen) atoms. The van der Waals surface area contributed by atoms with Crippen molar-refractivity contribution in [3.63, 3.8) is 0 Å². The maximum atomic E-state index is 15.2. The van der Waals surface area contributed by atoms with Crippen molar-refractivity contribution in [2.24, 2.45) is 0 Å². The molecule has 0 aromatic rings. The number of carboxylic acid groups (broad SMARTS) is 2. The molecule has 0 aromatic heterocycles. The van der Waals surface area contributed by atoms with Crippen molar-refractivity contribution in [1.82, 2.24) is 4.90 Å². The number of ether oxygens (including phenoxy) is 2. The summed E-state index contributed by atoms with van der Waals surface area (Å²) in [6.45, 7) is 8.95. The molecule has 1 rings (SSSR count). The van der Waals surface area contributed by atoms with Crippen molar-refractivity contribution < 1.29 is 43.3 Å².